The van der Waals surface area contributed by atoms with Crippen molar-refractivity contribution in [2.75, 3.05) is 6.54 Å². The SMILES string of the molecule is CCn1c(CN2C(=O)CN(C3CCCC3)C2=O)nc2cc(F)ccc21. The maximum absolute atomic E-state index is 13.5. The fraction of sp³-hybridized carbons (Fsp3) is 0.500. The molecule has 2 aliphatic rings. The third-order valence-electron chi connectivity index (χ3n) is 5.25. The number of imidazole rings is 1. The third-order valence-corrected chi connectivity index (χ3v) is 5.25. The highest BCUT2D eigenvalue weighted by Gasteiger charge is 2.41. The number of carbonyl (C=O) groups excluding carboxylic acids is 2. The van der Waals surface area contributed by atoms with Gasteiger partial charge in [-0.3, -0.25) is 9.69 Å². The highest BCUT2D eigenvalue weighted by Crippen LogP contribution is 2.28. The Morgan fingerprint density at radius 3 is 2.72 bits per heavy atom. The number of imide groups is 1. The lowest BCUT2D eigenvalue weighted by Crippen LogP contribution is -2.38. The predicted molar refractivity (Wildman–Crippen MR) is 90.3 cm³/mol. The number of hydrogen-bond donors (Lipinski definition) is 0. The van der Waals surface area contributed by atoms with Crippen LogP contribution in [0, 0.1) is 5.82 Å². The molecule has 3 amide bonds. The standard InChI is InChI=1S/C18H21FN4O2/c1-2-21-15-8-7-12(19)9-14(15)20-16(21)10-23-17(24)11-22(18(23)25)13-5-3-4-6-13/h7-9,13H,2-6,10-11H2,1H3. The molecule has 0 N–H and O–H groups in total. The molecule has 0 unspecified atom stereocenters. The first kappa shape index (κ1) is 16.1. The van der Waals surface area contributed by atoms with Gasteiger partial charge in [0.15, 0.2) is 0 Å². The minimum atomic E-state index is -0.347. The molecule has 2 fully saturated rings. The van der Waals surface area contributed by atoms with Crippen molar-refractivity contribution in [3.63, 3.8) is 0 Å². The molecule has 1 aromatic heterocycles. The number of urea groups is 1. The summed E-state index contributed by atoms with van der Waals surface area (Å²) >= 11 is 0. The van der Waals surface area contributed by atoms with Crippen molar-refractivity contribution in [3.05, 3.63) is 29.8 Å². The lowest BCUT2D eigenvalue weighted by atomic mass is 10.2. The van der Waals surface area contributed by atoms with Gasteiger partial charge >= 0.3 is 6.03 Å². The number of fused-ring (bicyclic) bond motifs is 1. The van der Waals surface area contributed by atoms with Crippen LogP contribution in [-0.2, 0) is 17.9 Å². The predicted octanol–water partition coefficient (Wildman–Crippen LogP) is 2.90. The Morgan fingerprint density at radius 1 is 1.24 bits per heavy atom. The number of rotatable bonds is 4. The number of amides is 3. The Hall–Kier alpha value is -2.44. The Bertz CT molecular complexity index is 841. The van der Waals surface area contributed by atoms with Crippen molar-refractivity contribution in [1.82, 2.24) is 19.4 Å². The zero-order chi connectivity index (χ0) is 17.6. The van der Waals surface area contributed by atoms with Crippen molar-refractivity contribution < 1.29 is 14.0 Å². The minimum Gasteiger partial charge on any atom is -0.327 e. The number of nitrogens with zero attached hydrogens (tertiary/aromatic N) is 4. The summed E-state index contributed by atoms with van der Waals surface area (Å²) in [5.41, 5.74) is 1.36. The third kappa shape index (κ3) is 2.67. The average Bonchev–Trinajstić information content (AvgIpc) is 3.28. The Labute approximate surface area is 145 Å². The first-order chi connectivity index (χ1) is 12.1. The largest absolute Gasteiger partial charge is 0.327 e. The van der Waals surface area contributed by atoms with Crippen molar-refractivity contribution in [2.24, 2.45) is 0 Å². The average molecular weight is 344 g/mol. The van der Waals surface area contributed by atoms with Crippen LogP contribution in [0.5, 0.6) is 0 Å². The minimum absolute atomic E-state index is 0.130. The number of aromatic nitrogens is 2. The molecule has 2 heterocycles. The lowest BCUT2D eigenvalue weighted by Gasteiger charge is -2.22. The molecule has 25 heavy (non-hydrogen) atoms. The Morgan fingerprint density at radius 2 is 2.00 bits per heavy atom. The van der Waals surface area contributed by atoms with E-state index in [4.69, 9.17) is 0 Å². The normalized spacial score (nSPS) is 19.0. The van der Waals surface area contributed by atoms with E-state index in [2.05, 4.69) is 4.98 Å². The fourth-order valence-electron chi connectivity index (χ4n) is 3.99. The van der Waals surface area contributed by atoms with Crippen molar-refractivity contribution >= 4 is 23.0 Å². The van der Waals surface area contributed by atoms with E-state index in [1.807, 2.05) is 11.5 Å². The summed E-state index contributed by atoms with van der Waals surface area (Å²) in [5, 5.41) is 0. The second kappa shape index (κ2) is 6.13. The van der Waals surface area contributed by atoms with Crippen LogP contribution in [0.15, 0.2) is 18.2 Å². The van der Waals surface area contributed by atoms with E-state index in [1.165, 1.54) is 17.0 Å². The molecule has 1 aliphatic carbocycles. The van der Waals surface area contributed by atoms with Crippen LogP contribution in [0.4, 0.5) is 9.18 Å². The van der Waals surface area contributed by atoms with E-state index in [0.29, 0.717) is 17.9 Å². The van der Waals surface area contributed by atoms with Crippen LogP contribution < -0.4 is 0 Å². The first-order valence-electron chi connectivity index (χ1n) is 8.84. The summed E-state index contributed by atoms with van der Waals surface area (Å²) in [7, 11) is 0. The van der Waals surface area contributed by atoms with E-state index < -0.39 is 0 Å². The van der Waals surface area contributed by atoms with Crippen LogP contribution in [0.3, 0.4) is 0 Å². The van der Waals surface area contributed by atoms with Gasteiger partial charge in [0.1, 0.15) is 18.2 Å². The van der Waals surface area contributed by atoms with Crippen LogP contribution in [0.1, 0.15) is 38.4 Å². The van der Waals surface area contributed by atoms with Crippen LogP contribution in [-0.4, -0.2) is 43.9 Å². The van der Waals surface area contributed by atoms with Gasteiger partial charge in [0, 0.05) is 18.7 Å². The van der Waals surface area contributed by atoms with Crippen molar-refractivity contribution in [2.45, 2.75) is 51.7 Å². The lowest BCUT2D eigenvalue weighted by molar-refractivity contribution is -0.125. The van der Waals surface area contributed by atoms with E-state index in [1.54, 1.807) is 11.0 Å². The number of benzene rings is 1. The summed E-state index contributed by atoms with van der Waals surface area (Å²) in [6.45, 7) is 2.89. The topological polar surface area (TPSA) is 58.4 Å². The summed E-state index contributed by atoms with van der Waals surface area (Å²) in [6, 6.07) is 4.42. The van der Waals surface area contributed by atoms with Crippen LogP contribution in [0.25, 0.3) is 11.0 Å². The summed E-state index contributed by atoms with van der Waals surface area (Å²) in [6.07, 6.45) is 4.17. The first-order valence-corrected chi connectivity index (χ1v) is 8.84. The van der Waals surface area contributed by atoms with Gasteiger partial charge < -0.3 is 9.47 Å². The molecule has 1 saturated carbocycles. The molecule has 7 heteroatoms. The number of aryl methyl sites for hydroxylation is 1. The van der Waals surface area contributed by atoms with Gasteiger partial charge in [-0.25, -0.2) is 14.2 Å². The summed E-state index contributed by atoms with van der Waals surface area (Å²) in [5.74, 6) is 0.0800. The molecular weight excluding hydrogens is 323 g/mol. The molecule has 132 valence electrons. The maximum Gasteiger partial charge on any atom is 0.327 e. The molecule has 1 aliphatic heterocycles. The van der Waals surface area contributed by atoms with Gasteiger partial charge in [-0.15, -0.1) is 0 Å². The highest BCUT2D eigenvalue weighted by atomic mass is 19.1. The molecule has 0 bridgehead atoms. The van der Waals surface area contributed by atoms with Gasteiger partial charge in [0.25, 0.3) is 5.91 Å². The van der Waals surface area contributed by atoms with E-state index in [-0.39, 0.29) is 36.9 Å². The zero-order valence-corrected chi connectivity index (χ0v) is 14.2. The summed E-state index contributed by atoms with van der Waals surface area (Å²) in [4.78, 5) is 32.5. The maximum atomic E-state index is 13.5. The zero-order valence-electron chi connectivity index (χ0n) is 14.2. The Balaban J connectivity index is 1.62. The van der Waals surface area contributed by atoms with Gasteiger partial charge in [-0.1, -0.05) is 12.8 Å². The van der Waals surface area contributed by atoms with Crippen LogP contribution in [0.2, 0.25) is 0 Å². The molecule has 2 aromatic rings. The number of hydrogen-bond acceptors (Lipinski definition) is 3. The van der Waals surface area contributed by atoms with E-state index in [9.17, 15) is 14.0 Å². The molecule has 0 spiro atoms. The second-order valence-electron chi connectivity index (χ2n) is 6.73. The molecule has 6 nitrogen and oxygen atoms in total. The van der Waals surface area contributed by atoms with Crippen LogP contribution >= 0.6 is 0 Å². The van der Waals surface area contributed by atoms with Gasteiger partial charge in [0.2, 0.25) is 0 Å². The van der Waals surface area contributed by atoms with Crippen molar-refractivity contribution in [1.29, 1.82) is 0 Å². The quantitative estimate of drug-likeness (QED) is 0.802. The van der Waals surface area contributed by atoms with E-state index >= 15 is 0 Å². The monoisotopic (exact) mass is 344 g/mol. The molecule has 1 saturated heterocycles. The number of carbonyl (C=O) groups is 2. The summed E-state index contributed by atoms with van der Waals surface area (Å²) < 4.78 is 15.4. The fourth-order valence-corrected chi connectivity index (χ4v) is 3.99. The second-order valence-corrected chi connectivity index (χ2v) is 6.73. The van der Waals surface area contributed by atoms with Gasteiger partial charge in [0.05, 0.1) is 17.6 Å². The number of halogens is 1. The van der Waals surface area contributed by atoms with Crippen molar-refractivity contribution in [3.8, 4) is 0 Å². The van der Waals surface area contributed by atoms with Gasteiger partial charge in [-0.05, 0) is 31.9 Å². The molecule has 1 aromatic carbocycles. The molecule has 0 atom stereocenters. The molecular formula is C18H21FN4O2. The van der Waals surface area contributed by atoms with Gasteiger partial charge in [-0.2, -0.15) is 0 Å². The highest BCUT2D eigenvalue weighted by molar-refractivity contribution is 6.02. The molecule has 0 radical (unpaired) electrons. The molecule has 4 rings (SSSR count). The van der Waals surface area contributed by atoms with E-state index in [0.717, 1.165) is 31.2 Å². The smallest absolute Gasteiger partial charge is 0.327 e. The Kier molecular flexibility index (Phi) is 3.94.